The monoisotopic (exact) mass is 458 g/mol. The van der Waals surface area contributed by atoms with Crippen LogP contribution < -0.4 is 5.32 Å². The zero-order valence-electron chi connectivity index (χ0n) is 14.4. The van der Waals surface area contributed by atoms with Crippen molar-refractivity contribution in [2.24, 2.45) is 0 Å². The first-order chi connectivity index (χ1) is 12.1. The number of carbonyl (C=O) groups excluding carboxylic acids is 1. The molecule has 0 heterocycles. The third-order valence-corrected chi connectivity index (χ3v) is 5.79. The summed E-state index contributed by atoms with van der Waals surface area (Å²) in [6, 6.07) is 14.2. The van der Waals surface area contributed by atoms with Crippen molar-refractivity contribution in [1.82, 2.24) is 9.62 Å². The summed E-state index contributed by atoms with van der Waals surface area (Å²) in [5.41, 5.74) is 1.69. The molecule has 0 aliphatic carbocycles. The van der Waals surface area contributed by atoms with Crippen LogP contribution in [0.3, 0.4) is 0 Å². The number of hydrogen-bond acceptors (Lipinski definition) is 3. The number of nitrogens with zero attached hydrogens (tertiary/aromatic N) is 1. The summed E-state index contributed by atoms with van der Waals surface area (Å²) in [4.78, 5) is 12.3. The number of sulfonamides is 1. The maximum Gasteiger partial charge on any atom is 0.235 e. The Kier molecular flexibility index (Phi) is 7.23. The van der Waals surface area contributed by atoms with Crippen LogP contribution in [-0.4, -0.2) is 31.4 Å². The highest BCUT2D eigenvalue weighted by Gasteiger charge is 2.21. The van der Waals surface area contributed by atoms with Crippen molar-refractivity contribution in [3.8, 4) is 0 Å². The van der Waals surface area contributed by atoms with Gasteiger partial charge in [-0.25, -0.2) is 8.42 Å². The summed E-state index contributed by atoms with van der Waals surface area (Å²) >= 11 is 9.22. The molecule has 0 aliphatic rings. The van der Waals surface area contributed by atoms with Crippen LogP contribution in [0.4, 0.5) is 0 Å². The quantitative estimate of drug-likeness (QED) is 0.686. The molecular formula is C18H20BrClN2O3S. The van der Waals surface area contributed by atoms with Crippen LogP contribution in [0.15, 0.2) is 53.0 Å². The highest BCUT2D eigenvalue weighted by Crippen LogP contribution is 2.17. The van der Waals surface area contributed by atoms with Crippen molar-refractivity contribution in [1.29, 1.82) is 0 Å². The molecule has 0 fully saturated rings. The van der Waals surface area contributed by atoms with Crippen LogP contribution in [-0.2, 0) is 21.4 Å². The lowest BCUT2D eigenvalue weighted by molar-refractivity contribution is -0.122. The molecule has 0 aromatic heterocycles. The molecule has 8 heteroatoms. The molecule has 1 atom stereocenters. The van der Waals surface area contributed by atoms with Crippen LogP contribution in [0, 0.1) is 0 Å². The van der Waals surface area contributed by atoms with E-state index in [1.165, 1.54) is 0 Å². The first-order valence-electron chi connectivity index (χ1n) is 7.89. The predicted octanol–water partition coefficient (Wildman–Crippen LogP) is 3.74. The average Bonchev–Trinajstić information content (AvgIpc) is 2.56. The molecule has 0 saturated heterocycles. The van der Waals surface area contributed by atoms with E-state index in [-0.39, 0.29) is 25.0 Å². The zero-order valence-corrected chi connectivity index (χ0v) is 17.6. The van der Waals surface area contributed by atoms with Crippen LogP contribution in [0.1, 0.15) is 24.1 Å². The SMILES string of the molecule is CC(NC(=O)CN(Cc1ccc(Cl)cc1)S(C)(=O)=O)c1ccc(Br)cc1. The second-order valence-electron chi connectivity index (χ2n) is 6.00. The fourth-order valence-corrected chi connectivity index (χ4v) is 3.49. The van der Waals surface area contributed by atoms with Gasteiger partial charge >= 0.3 is 0 Å². The molecule has 2 aromatic rings. The van der Waals surface area contributed by atoms with Gasteiger partial charge in [0.2, 0.25) is 15.9 Å². The normalized spacial score (nSPS) is 12.8. The molecular weight excluding hydrogens is 440 g/mol. The lowest BCUT2D eigenvalue weighted by Crippen LogP contribution is -2.40. The van der Waals surface area contributed by atoms with Crippen molar-refractivity contribution in [2.45, 2.75) is 19.5 Å². The molecule has 0 spiro atoms. The van der Waals surface area contributed by atoms with E-state index in [0.717, 1.165) is 26.2 Å². The summed E-state index contributed by atoms with van der Waals surface area (Å²) in [7, 11) is -3.54. The number of halogens is 2. The second-order valence-corrected chi connectivity index (χ2v) is 9.33. The van der Waals surface area contributed by atoms with Crippen LogP contribution >= 0.6 is 27.5 Å². The van der Waals surface area contributed by atoms with E-state index in [1.807, 2.05) is 31.2 Å². The molecule has 5 nitrogen and oxygen atoms in total. The molecule has 1 amide bonds. The topological polar surface area (TPSA) is 66.5 Å². The van der Waals surface area contributed by atoms with Gasteiger partial charge in [0.15, 0.2) is 0 Å². The third-order valence-electron chi connectivity index (χ3n) is 3.81. The first-order valence-corrected chi connectivity index (χ1v) is 10.9. The van der Waals surface area contributed by atoms with Gasteiger partial charge in [0.25, 0.3) is 0 Å². The molecule has 2 rings (SSSR count). The molecule has 1 unspecified atom stereocenters. The number of carbonyl (C=O) groups is 1. The number of nitrogens with one attached hydrogen (secondary N) is 1. The van der Waals surface area contributed by atoms with Crippen molar-refractivity contribution in [2.75, 3.05) is 12.8 Å². The fraction of sp³-hybridized carbons (Fsp3) is 0.278. The molecule has 0 bridgehead atoms. The van der Waals surface area contributed by atoms with E-state index >= 15 is 0 Å². The van der Waals surface area contributed by atoms with Crippen LogP contribution in [0.25, 0.3) is 0 Å². The zero-order chi connectivity index (χ0) is 19.3. The molecule has 1 N–H and O–H groups in total. The van der Waals surface area contributed by atoms with E-state index in [1.54, 1.807) is 24.3 Å². The van der Waals surface area contributed by atoms with Crippen LogP contribution in [0.2, 0.25) is 5.02 Å². The first kappa shape index (κ1) is 20.9. The Balaban J connectivity index is 2.04. The van der Waals surface area contributed by atoms with Crippen LogP contribution in [0.5, 0.6) is 0 Å². The maximum atomic E-state index is 12.3. The van der Waals surface area contributed by atoms with E-state index < -0.39 is 10.0 Å². The smallest absolute Gasteiger partial charge is 0.235 e. The van der Waals surface area contributed by atoms with Gasteiger partial charge in [-0.05, 0) is 42.3 Å². The highest BCUT2D eigenvalue weighted by molar-refractivity contribution is 9.10. The fourth-order valence-electron chi connectivity index (χ4n) is 2.37. The molecule has 26 heavy (non-hydrogen) atoms. The van der Waals surface area contributed by atoms with Crippen molar-refractivity contribution < 1.29 is 13.2 Å². The van der Waals surface area contributed by atoms with E-state index in [2.05, 4.69) is 21.2 Å². The average molecular weight is 460 g/mol. The minimum atomic E-state index is -3.54. The van der Waals surface area contributed by atoms with Gasteiger partial charge in [0.05, 0.1) is 18.8 Å². The largest absolute Gasteiger partial charge is 0.348 e. The van der Waals surface area contributed by atoms with E-state index in [4.69, 9.17) is 11.6 Å². The van der Waals surface area contributed by atoms with Gasteiger partial charge in [-0.15, -0.1) is 0 Å². The number of rotatable bonds is 7. The summed E-state index contributed by atoms with van der Waals surface area (Å²) in [5.74, 6) is -0.361. The Bertz CT molecular complexity index is 855. The van der Waals surface area contributed by atoms with E-state index in [9.17, 15) is 13.2 Å². The number of benzene rings is 2. The van der Waals surface area contributed by atoms with Crippen molar-refractivity contribution >= 4 is 43.5 Å². The molecule has 140 valence electrons. The van der Waals surface area contributed by atoms with Gasteiger partial charge in [-0.1, -0.05) is 51.8 Å². The van der Waals surface area contributed by atoms with Gasteiger partial charge in [0.1, 0.15) is 0 Å². The standard InChI is InChI=1S/C18H20BrClN2O3S/c1-13(15-5-7-16(19)8-6-15)21-18(23)12-22(26(2,24)25)11-14-3-9-17(20)10-4-14/h3-10,13H,11-12H2,1-2H3,(H,21,23). The third kappa shape index (κ3) is 6.39. The molecule has 0 saturated carbocycles. The predicted molar refractivity (Wildman–Crippen MR) is 107 cm³/mol. The number of amides is 1. The Morgan fingerprint density at radius 1 is 1.15 bits per heavy atom. The minimum Gasteiger partial charge on any atom is -0.348 e. The lowest BCUT2D eigenvalue weighted by atomic mass is 10.1. The molecule has 2 aromatic carbocycles. The molecule has 0 radical (unpaired) electrons. The lowest BCUT2D eigenvalue weighted by Gasteiger charge is -2.21. The van der Waals surface area contributed by atoms with Crippen molar-refractivity contribution in [3.63, 3.8) is 0 Å². The number of hydrogen-bond donors (Lipinski definition) is 1. The summed E-state index contributed by atoms with van der Waals surface area (Å²) in [6.07, 6.45) is 1.09. The second kappa shape index (κ2) is 8.99. The Morgan fingerprint density at radius 2 is 1.73 bits per heavy atom. The summed E-state index contributed by atoms with van der Waals surface area (Å²) in [5, 5.41) is 3.40. The minimum absolute atomic E-state index is 0.107. The van der Waals surface area contributed by atoms with Gasteiger partial charge in [-0.3, -0.25) is 4.79 Å². The van der Waals surface area contributed by atoms with Crippen molar-refractivity contribution in [3.05, 3.63) is 69.2 Å². The summed E-state index contributed by atoms with van der Waals surface area (Å²) in [6.45, 7) is 1.71. The van der Waals surface area contributed by atoms with Gasteiger partial charge < -0.3 is 5.32 Å². The Morgan fingerprint density at radius 3 is 2.27 bits per heavy atom. The van der Waals surface area contributed by atoms with Gasteiger partial charge in [-0.2, -0.15) is 4.31 Å². The van der Waals surface area contributed by atoms with Gasteiger partial charge in [0, 0.05) is 16.0 Å². The Labute approximate surface area is 167 Å². The summed E-state index contributed by atoms with van der Waals surface area (Å²) < 4.78 is 26.2. The van der Waals surface area contributed by atoms with E-state index in [0.29, 0.717) is 5.02 Å². The maximum absolute atomic E-state index is 12.3. The highest BCUT2D eigenvalue weighted by atomic mass is 79.9. The molecule has 0 aliphatic heterocycles. The Hall–Kier alpha value is -1.41.